The Labute approximate surface area is 102 Å². The number of aromatic nitrogens is 1. The Hall–Kier alpha value is -0.540. The van der Waals surface area contributed by atoms with E-state index in [0.717, 1.165) is 5.75 Å². The maximum atomic E-state index is 4.51. The molecule has 1 atom stereocenters. The number of likely N-dealkylation sites (tertiary alicyclic amines) is 1. The van der Waals surface area contributed by atoms with E-state index in [9.17, 15) is 0 Å². The summed E-state index contributed by atoms with van der Waals surface area (Å²) in [6, 6.07) is 4.89. The van der Waals surface area contributed by atoms with Crippen molar-refractivity contribution in [2.24, 2.45) is 0 Å². The molecular weight excluding hydrogens is 216 g/mol. The van der Waals surface area contributed by atoms with Crippen LogP contribution in [-0.4, -0.2) is 29.2 Å². The first-order valence-electron chi connectivity index (χ1n) is 6.11. The molecule has 0 aliphatic carbocycles. The largest absolute Gasteiger partial charge is 0.299 e. The van der Waals surface area contributed by atoms with Crippen LogP contribution in [0.15, 0.2) is 23.4 Å². The quantitative estimate of drug-likeness (QED) is 0.749. The van der Waals surface area contributed by atoms with Crippen LogP contribution in [0.4, 0.5) is 0 Å². The van der Waals surface area contributed by atoms with Crippen LogP contribution in [0, 0.1) is 0 Å². The van der Waals surface area contributed by atoms with Crippen LogP contribution < -0.4 is 0 Å². The highest BCUT2D eigenvalue weighted by atomic mass is 32.2. The molecule has 0 aromatic carbocycles. The van der Waals surface area contributed by atoms with Crippen LogP contribution in [0.3, 0.4) is 0 Å². The van der Waals surface area contributed by atoms with Gasteiger partial charge in [0.1, 0.15) is 5.03 Å². The molecule has 1 aliphatic rings. The van der Waals surface area contributed by atoms with Gasteiger partial charge in [0.2, 0.25) is 0 Å². The highest BCUT2D eigenvalue weighted by Crippen LogP contribution is 2.34. The van der Waals surface area contributed by atoms with Crippen LogP contribution in [0.25, 0.3) is 0 Å². The lowest BCUT2D eigenvalue weighted by Gasteiger charge is -2.33. The van der Waals surface area contributed by atoms with Crippen molar-refractivity contribution < 1.29 is 0 Å². The number of piperidine rings is 1. The number of hydrogen-bond acceptors (Lipinski definition) is 3. The van der Waals surface area contributed by atoms with Gasteiger partial charge in [0, 0.05) is 17.8 Å². The topological polar surface area (TPSA) is 16.1 Å². The summed E-state index contributed by atoms with van der Waals surface area (Å²) in [7, 11) is 2.23. The molecule has 0 spiro atoms. The van der Waals surface area contributed by atoms with Gasteiger partial charge < -0.3 is 0 Å². The van der Waals surface area contributed by atoms with Gasteiger partial charge in [-0.15, -0.1) is 11.8 Å². The number of nitrogens with zero attached hydrogens (tertiary/aromatic N) is 2. The second-order valence-electron chi connectivity index (χ2n) is 4.32. The summed E-state index contributed by atoms with van der Waals surface area (Å²) in [5.74, 6) is 1.10. The monoisotopic (exact) mass is 236 g/mol. The fourth-order valence-corrected chi connectivity index (χ4v) is 3.16. The molecule has 1 saturated heterocycles. The van der Waals surface area contributed by atoms with E-state index in [4.69, 9.17) is 0 Å². The molecule has 0 saturated carbocycles. The van der Waals surface area contributed by atoms with Crippen LogP contribution in [0.2, 0.25) is 0 Å². The maximum Gasteiger partial charge on any atom is 0.101 e. The summed E-state index contributed by atoms with van der Waals surface area (Å²) in [5.41, 5.74) is 1.43. The SMILES string of the molecule is CCSc1ncccc1[C@H]1CCCCN1C. The van der Waals surface area contributed by atoms with Crippen LogP contribution >= 0.6 is 11.8 Å². The highest BCUT2D eigenvalue weighted by molar-refractivity contribution is 7.99. The number of hydrogen-bond donors (Lipinski definition) is 0. The average molecular weight is 236 g/mol. The van der Waals surface area contributed by atoms with Gasteiger partial charge in [-0.25, -0.2) is 4.98 Å². The summed E-state index contributed by atoms with van der Waals surface area (Å²) in [6.07, 6.45) is 5.87. The van der Waals surface area contributed by atoms with Crippen LogP contribution in [0.5, 0.6) is 0 Å². The molecule has 0 amide bonds. The van der Waals surface area contributed by atoms with Gasteiger partial charge in [0.15, 0.2) is 0 Å². The molecule has 2 rings (SSSR count). The van der Waals surface area contributed by atoms with E-state index in [1.165, 1.54) is 36.4 Å². The minimum Gasteiger partial charge on any atom is -0.299 e. The van der Waals surface area contributed by atoms with E-state index < -0.39 is 0 Å². The van der Waals surface area contributed by atoms with Crippen molar-refractivity contribution in [1.29, 1.82) is 0 Å². The second kappa shape index (κ2) is 5.69. The molecule has 16 heavy (non-hydrogen) atoms. The van der Waals surface area contributed by atoms with Crippen molar-refractivity contribution >= 4 is 11.8 Å². The predicted octanol–water partition coefficient (Wildman–Crippen LogP) is 3.35. The molecule has 1 aliphatic heterocycles. The first-order chi connectivity index (χ1) is 7.83. The van der Waals surface area contributed by atoms with Crippen molar-refractivity contribution in [3.63, 3.8) is 0 Å². The van der Waals surface area contributed by atoms with Crippen molar-refractivity contribution in [1.82, 2.24) is 9.88 Å². The first kappa shape index (κ1) is 11.9. The lowest BCUT2D eigenvalue weighted by atomic mass is 9.97. The molecule has 88 valence electrons. The first-order valence-corrected chi connectivity index (χ1v) is 7.09. The van der Waals surface area contributed by atoms with Crippen molar-refractivity contribution in [2.45, 2.75) is 37.3 Å². The highest BCUT2D eigenvalue weighted by Gasteiger charge is 2.23. The molecule has 1 aromatic heterocycles. The van der Waals surface area contributed by atoms with Gasteiger partial charge in [0.05, 0.1) is 0 Å². The zero-order chi connectivity index (χ0) is 11.4. The molecule has 0 N–H and O–H groups in total. The summed E-state index contributed by atoms with van der Waals surface area (Å²) >= 11 is 1.86. The van der Waals surface area contributed by atoms with Gasteiger partial charge in [-0.05, 0) is 38.3 Å². The maximum absolute atomic E-state index is 4.51. The molecule has 1 fully saturated rings. The van der Waals surface area contributed by atoms with Crippen LogP contribution in [0.1, 0.15) is 37.8 Å². The Balaban J connectivity index is 2.23. The van der Waals surface area contributed by atoms with E-state index >= 15 is 0 Å². The number of rotatable bonds is 3. The van der Waals surface area contributed by atoms with Crippen molar-refractivity contribution in [2.75, 3.05) is 19.3 Å². The lowest BCUT2D eigenvalue weighted by Crippen LogP contribution is -2.30. The normalized spacial score (nSPS) is 22.2. The van der Waals surface area contributed by atoms with Crippen molar-refractivity contribution in [3.05, 3.63) is 23.9 Å². The summed E-state index contributed by atoms with van der Waals surface area (Å²) < 4.78 is 0. The van der Waals surface area contributed by atoms with E-state index in [1.807, 2.05) is 18.0 Å². The van der Waals surface area contributed by atoms with Gasteiger partial charge >= 0.3 is 0 Å². The Morgan fingerprint density at radius 2 is 2.38 bits per heavy atom. The molecule has 2 heterocycles. The third kappa shape index (κ3) is 2.58. The zero-order valence-electron chi connectivity index (χ0n) is 10.1. The van der Waals surface area contributed by atoms with E-state index in [2.05, 4.69) is 36.0 Å². The molecule has 3 heteroatoms. The molecule has 0 radical (unpaired) electrons. The summed E-state index contributed by atoms with van der Waals surface area (Å²) in [5, 5.41) is 1.23. The van der Waals surface area contributed by atoms with Crippen LogP contribution in [-0.2, 0) is 0 Å². The van der Waals surface area contributed by atoms with Crippen molar-refractivity contribution in [3.8, 4) is 0 Å². The third-order valence-electron chi connectivity index (χ3n) is 3.21. The Morgan fingerprint density at radius 3 is 3.12 bits per heavy atom. The number of thioether (sulfide) groups is 1. The Morgan fingerprint density at radius 1 is 1.50 bits per heavy atom. The fraction of sp³-hybridized carbons (Fsp3) is 0.615. The zero-order valence-corrected chi connectivity index (χ0v) is 11.0. The second-order valence-corrected chi connectivity index (χ2v) is 5.58. The number of pyridine rings is 1. The molecule has 0 unspecified atom stereocenters. The van der Waals surface area contributed by atoms with E-state index in [0.29, 0.717) is 6.04 Å². The van der Waals surface area contributed by atoms with Gasteiger partial charge in [0.25, 0.3) is 0 Å². The van der Waals surface area contributed by atoms with Gasteiger partial charge in [-0.2, -0.15) is 0 Å². The summed E-state index contributed by atoms with van der Waals surface area (Å²) in [6.45, 7) is 3.41. The molecule has 1 aromatic rings. The van der Waals surface area contributed by atoms with E-state index in [1.54, 1.807) is 0 Å². The predicted molar refractivity (Wildman–Crippen MR) is 69.9 cm³/mol. The minimum absolute atomic E-state index is 0.580. The van der Waals surface area contributed by atoms with Gasteiger partial charge in [-0.1, -0.05) is 19.4 Å². The summed E-state index contributed by atoms with van der Waals surface area (Å²) in [4.78, 5) is 6.99. The fourth-order valence-electron chi connectivity index (χ4n) is 2.38. The molecule has 0 bridgehead atoms. The Bertz CT molecular complexity index is 340. The molecule has 2 nitrogen and oxygen atoms in total. The third-order valence-corrected chi connectivity index (χ3v) is 4.11. The Kier molecular flexibility index (Phi) is 4.24. The lowest BCUT2D eigenvalue weighted by molar-refractivity contribution is 0.184. The smallest absolute Gasteiger partial charge is 0.101 e. The minimum atomic E-state index is 0.580. The van der Waals surface area contributed by atoms with Gasteiger partial charge in [-0.3, -0.25) is 4.90 Å². The standard InChI is InChI=1S/C13H20N2S/c1-3-16-13-11(7-6-9-14-13)12-8-4-5-10-15(12)2/h6-7,9,12H,3-5,8,10H2,1-2H3/t12-/m1/s1. The average Bonchev–Trinajstić information content (AvgIpc) is 2.31. The molecular formula is C13H20N2S. The van der Waals surface area contributed by atoms with E-state index in [-0.39, 0.29) is 0 Å².